The normalized spacial score (nSPS) is 20.7. The van der Waals surface area contributed by atoms with E-state index < -0.39 is 28.3 Å². The van der Waals surface area contributed by atoms with Crippen LogP contribution in [0.25, 0.3) is 0 Å². The molecule has 26 heavy (non-hydrogen) atoms. The number of rotatable bonds is 7. The summed E-state index contributed by atoms with van der Waals surface area (Å²) in [6.45, 7) is 4.98. The third-order valence-electron chi connectivity index (χ3n) is 4.36. The maximum atomic E-state index is 12.7. The van der Waals surface area contributed by atoms with Crippen molar-refractivity contribution in [3.63, 3.8) is 0 Å². The zero-order valence-corrected chi connectivity index (χ0v) is 14.9. The predicted octanol–water partition coefficient (Wildman–Crippen LogP) is 1.67. The van der Waals surface area contributed by atoms with E-state index in [0.29, 0.717) is 5.56 Å². The molecule has 9 heteroatoms. The molecule has 0 spiro atoms. The number of carbonyl (C=O) groups excluding carboxylic acids is 3. The Morgan fingerprint density at radius 3 is 2.50 bits per heavy atom. The van der Waals surface area contributed by atoms with Crippen LogP contribution in [0, 0.1) is 10.1 Å². The Morgan fingerprint density at radius 2 is 1.96 bits per heavy atom. The molecule has 1 aromatic carbocycles. The SMILES string of the molecule is CCC[C@@H](C)NC(=O)CN1C(=O)N[C@@](C)(c2ccc([N+](=O)[O-])cc2)C1=O. The lowest BCUT2D eigenvalue weighted by Gasteiger charge is -2.22. The summed E-state index contributed by atoms with van der Waals surface area (Å²) in [6, 6.07) is 4.65. The van der Waals surface area contributed by atoms with Crippen molar-refractivity contribution in [1.29, 1.82) is 0 Å². The van der Waals surface area contributed by atoms with Crippen LogP contribution < -0.4 is 10.6 Å². The highest BCUT2D eigenvalue weighted by atomic mass is 16.6. The molecule has 1 aliphatic rings. The third-order valence-corrected chi connectivity index (χ3v) is 4.36. The van der Waals surface area contributed by atoms with E-state index in [1.54, 1.807) is 0 Å². The fourth-order valence-corrected chi connectivity index (χ4v) is 2.92. The number of nitrogens with zero attached hydrogens (tertiary/aromatic N) is 2. The van der Waals surface area contributed by atoms with Gasteiger partial charge in [0, 0.05) is 18.2 Å². The van der Waals surface area contributed by atoms with Crippen LogP contribution >= 0.6 is 0 Å². The Morgan fingerprint density at radius 1 is 1.35 bits per heavy atom. The number of nitro groups is 1. The molecule has 1 fully saturated rings. The highest BCUT2D eigenvalue weighted by molar-refractivity contribution is 6.09. The number of non-ortho nitro benzene ring substituents is 1. The average Bonchev–Trinajstić information content (AvgIpc) is 2.79. The molecule has 0 radical (unpaired) electrons. The van der Waals surface area contributed by atoms with E-state index in [1.807, 2.05) is 13.8 Å². The van der Waals surface area contributed by atoms with E-state index >= 15 is 0 Å². The highest BCUT2D eigenvalue weighted by Gasteiger charge is 2.49. The van der Waals surface area contributed by atoms with Crippen LogP contribution in [0.4, 0.5) is 10.5 Å². The van der Waals surface area contributed by atoms with Gasteiger partial charge in [0.2, 0.25) is 5.91 Å². The lowest BCUT2D eigenvalue weighted by Crippen LogP contribution is -2.44. The smallest absolute Gasteiger partial charge is 0.325 e. The second-order valence-electron chi connectivity index (χ2n) is 6.51. The largest absolute Gasteiger partial charge is 0.352 e. The van der Waals surface area contributed by atoms with Crippen LogP contribution in [0.5, 0.6) is 0 Å². The quantitative estimate of drug-likeness (QED) is 0.434. The van der Waals surface area contributed by atoms with Crippen molar-refractivity contribution in [2.45, 2.75) is 45.2 Å². The van der Waals surface area contributed by atoms with Crippen LogP contribution in [0.1, 0.15) is 39.2 Å². The molecule has 0 aliphatic carbocycles. The second kappa shape index (κ2) is 7.51. The molecule has 1 heterocycles. The molecule has 1 aromatic rings. The first-order valence-electron chi connectivity index (χ1n) is 8.37. The number of benzene rings is 1. The standard InChI is InChI=1S/C17H22N4O5/c1-4-5-11(2)18-14(22)10-20-15(23)17(3,19-16(20)24)12-6-8-13(9-7-12)21(25)26/h6-9,11H,4-5,10H2,1-3H3,(H,18,22)(H,19,24)/t11-,17+/m1/s1. The number of amides is 4. The summed E-state index contributed by atoms with van der Waals surface area (Å²) in [7, 11) is 0. The van der Waals surface area contributed by atoms with Crippen molar-refractivity contribution in [1.82, 2.24) is 15.5 Å². The summed E-state index contributed by atoms with van der Waals surface area (Å²) in [4.78, 5) is 48.1. The van der Waals surface area contributed by atoms with Crippen LogP contribution in [0.3, 0.4) is 0 Å². The molecular formula is C17H22N4O5. The molecule has 1 aliphatic heterocycles. The Hall–Kier alpha value is -2.97. The van der Waals surface area contributed by atoms with Gasteiger partial charge in [-0.05, 0) is 38.0 Å². The van der Waals surface area contributed by atoms with Crippen LogP contribution in [0.15, 0.2) is 24.3 Å². The number of nitrogens with one attached hydrogen (secondary N) is 2. The number of urea groups is 1. The fraction of sp³-hybridized carbons (Fsp3) is 0.471. The van der Waals surface area contributed by atoms with Gasteiger partial charge in [-0.1, -0.05) is 13.3 Å². The summed E-state index contributed by atoms with van der Waals surface area (Å²) in [5, 5.41) is 16.1. The van der Waals surface area contributed by atoms with E-state index in [-0.39, 0.29) is 18.3 Å². The molecule has 0 aromatic heterocycles. The molecule has 2 N–H and O–H groups in total. The minimum atomic E-state index is -1.37. The highest BCUT2D eigenvalue weighted by Crippen LogP contribution is 2.29. The molecule has 140 valence electrons. The van der Waals surface area contributed by atoms with E-state index in [9.17, 15) is 24.5 Å². The maximum absolute atomic E-state index is 12.7. The van der Waals surface area contributed by atoms with Gasteiger partial charge in [0.25, 0.3) is 11.6 Å². The molecule has 1 saturated heterocycles. The van der Waals surface area contributed by atoms with Gasteiger partial charge in [-0.25, -0.2) is 4.79 Å². The van der Waals surface area contributed by atoms with Crippen molar-refractivity contribution in [2.75, 3.05) is 6.54 Å². The summed E-state index contributed by atoms with van der Waals surface area (Å²) in [5.41, 5.74) is -1.08. The van der Waals surface area contributed by atoms with Gasteiger partial charge < -0.3 is 10.6 Å². The summed E-state index contributed by atoms with van der Waals surface area (Å²) in [5.74, 6) is -0.989. The maximum Gasteiger partial charge on any atom is 0.325 e. The monoisotopic (exact) mass is 362 g/mol. The number of hydrogen-bond donors (Lipinski definition) is 2. The number of nitro benzene ring substituents is 1. The molecular weight excluding hydrogens is 340 g/mol. The van der Waals surface area contributed by atoms with Crippen molar-refractivity contribution >= 4 is 23.5 Å². The molecule has 9 nitrogen and oxygen atoms in total. The van der Waals surface area contributed by atoms with Gasteiger partial charge in [-0.15, -0.1) is 0 Å². The molecule has 0 unspecified atom stereocenters. The van der Waals surface area contributed by atoms with Gasteiger partial charge >= 0.3 is 6.03 Å². The van der Waals surface area contributed by atoms with Gasteiger partial charge in [-0.2, -0.15) is 0 Å². The van der Waals surface area contributed by atoms with E-state index in [0.717, 1.165) is 17.7 Å². The van der Waals surface area contributed by atoms with E-state index in [1.165, 1.54) is 31.2 Å². The van der Waals surface area contributed by atoms with Crippen molar-refractivity contribution < 1.29 is 19.3 Å². The summed E-state index contributed by atoms with van der Waals surface area (Å²) < 4.78 is 0. The van der Waals surface area contributed by atoms with Crippen LogP contribution in [-0.2, 0) is 15.1 Å². The first-order chi connectivity index (χ1) is 12.2. The fourth-order valence-electron chi connectivity index (χ4n) is 2.92. The topological polar surface area (TPSA) is 122 Å². The summed E-state index contributed by atoms with van der Waals surface area (Å²) >= 11 is 0. The van der Waals surface area contributed by atoms with Crippen molar-refractivity contribution in [3.05, 3.63) is 39.9 Å². The number of imide groups is 1. The third kappa shape index (κ3) is 3.81. The Kier molecular flexibility index (Phi) is 5.59. The number of hydrogen-bond acceptors (Lipinski definition) is 5. The summed E-state index contributed by atoms with van der Waals surface area (Å²) in [6.07, 6.45) is 1.70. The first-order valence-corrected chi connectivity index (χ1v) is 8.37. The first kappa shape index (κ1) is 19.4. The molecule has 2 rings (SSSR count). The second-order valence-corrected chi connectivity index (χ2v) is 6.51. The van der Waals surface area contributed by atoms with Gasteiger partial charge in [0.05, 0.1) is 4.92 Å². The van der Waals surface area contributed by atoms with Gasteiger partial charge in [0.1, 0.15) is 12.1 Å². The Bertz CT molecular complexity index is 733. The lowest BCUT2D eigenvalue weighted by atomic mass is 9.92. The molecule has 0 saturated carbocycles. The van der Waals surface area contributed by atoms with Crippen LogP contribution in [-0.4, -0.2) is 40.3 Å². The number of carbonyl (C=O) groups is 3. The Labute approximate surface area is 150 Å². The van der Waals surface area contributed by atoms with Crippen molar-refractivity contribution in [3.8, 4) is 0 Å². The average molecular weight is 362 g/mol. The minimum absolute atomic E-state index is 0.0469. The molecule has 0 bridgehead atoms. The van der Waals surface area contributed by atoms with Gasteiger partial charge in [0.15, 0.2) is 0 Å². The lowest BCUT2D eigenvalue weighted by molar-refractivity contribution is -0.384. The van der Waals surface area contributed by atoms with Crippen molar-refractivity contribution in [2.24, 2.45) is 0 Å². The minimum Gasteiger partial charge on any atom is -0.352 e. The molecule has 4 amide bonds. The van der Waals surface area contributed by atoms with E-state index in [4.69, 9.17) is 0 Å². The molecule has 2 atom stereocenters. The van der Waals surface area contributed by atoms with Crippen LogP contribution in [0.2, 0.25) is 0 Å². The predicted molar refractivity (Wildman–Crippen MR) is 93.2 cm³/mol. The Balaban J connectivity index is 2.14. The zero-order valence-electron chi connectivity index (χ0n) is 14.9. The van der Waals surface area contributed by atoms with E-state index in [2.05, 4.69) is 10.6 Å². The van der Waals surface area contributed by atoms with Gasteiger partial charge in [-0.3, -0.25) is 24.6 Å². The zero-order chi connectivity index (χ0) is 19.5.